The standard InChI is InChI=1S/C17H18F3NO4S/c1-4-21(10-11-5-7-13(24-2)14(9-11)25-3)26(22,23)15-8-6-12(18)16(19)17(15)20/h5-9H,4,10H2,1-3H3. The molecule has 26 heavy (non-hydrogen) atoms. The topological polar surface area (TPSA) is 55.8 Å². The SMILES string of the molecule is CCN(Cc1ccc(OC)c(OC)c1)S(=O)(=O)c1ccc(F)c(F)c1F. The van der Waals surface area contributed by atoms with E-state index in [-0.39, 0.29) is 13.1 Å². The molecule has 142 valence electrons. The molecule has 0 saturated heterocycles. The lowest BCUT2D eigenvalue weighted by Crippen LogP contribution is -2.31. The van der Waals surface area contributed by atoms with Crippen LogP contribution >= 0.6 is 0 Å². The van der Waals surface area contributed by atoms with Crippen LogP contribution in [0, 0.1) is 17.5 Å². The molecule has 2 rings (SSSR count). The predicted octanol–water partition coefficient (Wildman–Crippen LogP) is 3.33. The van der Waals surface area contributed by atoms with E-state index in [0.717, 1.165) is 4.31 Å². The molecule has 0 fully saturated rings. The molecule has 0 aromatic heterocycles. The van der Waals surface area contributed by atoms with Crippen molar-refractivity contribution in [3.8, 4) is 11.5 Å². The van der Waals surface area contributed by atoms with Gasteiger partial charge in [-0.1, -0.05) is 13.0 Å². The second-order valence-corrected chi connectivity index (χ2v) is 7.20. The molecular formula is C17H18F3NO4S. The molecule has 0 saturated carbocycles. The average molecular weight is 389 g/mol. The highest BCUT2D eigenvalue weighted by Crippen LogP contribution is 2.29. The maximum Gasteiger partial charge on any atom is 0.246 e. The average Bonchev–Trinajstić information content (AvgIpc) is 2.63. The van der Waals surface area contributed by atoms with Crippen LogP contribution in [-0.4, -0.2) is 33.5 Å². The number of hydrogen-bond donors (Lipinski definition) is 0. The highest BCUT2D eigenvalue weighted by Gasteiger charge is 2.29. The lowest BCUT2D eigenvalue weighted by atomic mass is 10.2. The highest BCUT2D eigenvalue weighted by atomic mass is 32.2. The Bertz CT molecular complexity index is 903. The van der Waals surface area contributed by atoms with Crippen molar-refractivity contribution in [1.29, 1.82) is 0 Å². The lowest BCUT2D eigenvalue weighted by Gasteiger charge is -2.21. The summed E-state index contributed by atoms with van der Waals surface area (Å²) in [7, 11) is -1.47. The quantitative estimate of drug-likeness (QED) is 0.682. The molecular weight excluding hydrogens is 371 g/mol. The number of rotatable bonds is 7. The summed E-state index contributed by atoms with van der Waals surface area (Å²) in [6.07, 6.45) is 0. The van der Waals surface area contributed by atoms with Crippen molar-refractivity contribution in [2.24, 2.45) is 0 Å². The summed E-state index contributed by atoms with van der Waals surface area (Å²) in [5.41, 5.74) is 0.552. The maximum atomic E-state index is 14.0. The van der Waals surface area contributed by atoms with Crippen molar-refractivity contribution in [1.82, 2.24) is 4.31 Å². The first-order valence-corrected chi connectivity index (χ1v) is 9.04. The molecule has 9 heteroatoms. The molecule has 0 radical (unpaired) electrons. The molecule has 0 amide bonds. The van der Waals surface area contributed by atoms with E-state index in [9.17, 15) is 21.6 Å². The Morgan fingerprint density at radius 3 is 2.19 bits per heavy atom. The summed E-state index contributed by atoms with van der Waals surface area (Å²) >= 11 is 0. The van der Waals surface area contributed by atoms with Gasteiger partial charge in [-0.2, -0.15) is 4.31 Å². The summed E-state index contributed by atoms with van der Waals surface area (Å²) in [5.74, 6) is -4.15. The van der Waals surface area contributed by atoms with Crippen molar-refractivity contribution >= 4 is 10.0 Å². The van der Waals surface area contributed by atoms with E-state index in [1.807, 2.05) is 0 Å². The number of nitrogens with zero attached hydrogens (tertiary/aromatic N) is 1. The second-order valence-electron chi connectivity index (χ2n) is 5.29. The summed E-state index contributed by atoms with van der Waals surface area (Å²) in [5, 5.41) is 0. The van der Waals surface area contributed by atoms with Gasteiger partial charge in [0.25, 0.3) is 0 Å². The number of ether oxygens (including phenoxy) is 2. The zero-order valence-electron chi connectivity index (χ0n) is 14.4. The Hall–Kier alpha value is -2.26. The first kappa shape index (κ1) is 20.1. The van der Waals surface area contributed by atoms with E-state index < -0.39 is 32.4 Å². The van der Waals surface area contributed by atoms with Crippen molar-refractivity contribution < 1.29 is 31.1 Å². The number of benzene rings is 2. The molecule has 0 aliphatic heterocycles. The van der Waals surface area contributed by atoms with Crippen molar-refractivity contribution in [3.63, 3.8) is 0 Å². The number of sulfonamides is 1. The molecule has 5 nitrogen and oxygen atoms in total. The Morgan fingerprint density at radius 1 is 0.962 bits per heavy atom. The summed E-state index contributed by atoms with van der Waals surface area (Å²) in [6.45, 7) is 1.43. The molecule has 2 aromatic carbocycles. The van der Waals surface area contributed by atoms with Crippen LogP contribution in [0.15, 0.2) is 35.2 Å². The third-order valence-electron chi connectivity index (χ3n) is 3.78. The van der Waals surface area contributed by atoms with Crippen LogP contribution in [0.3, 0.4) is 0 Å². The monoisotopic (exact) mass is 389 g/mol. The lowest BCUT2D eigenvalue weighted by molar-refractivity contribution is 0.353. The number of methoxy groups -OCH3 is 2. The molecule has 0 N–H and O–H groups in total. The number of hydrogen-bond acceptors (Lipinski definition) is 4. The molecule has 0 unspecified atom stereocenters. The molecule has 0 aliphatic carbocycles. The smallest absolute Gasteiger partial charge is 0.246 e. The summed E-state index contributed by atoms with van der Waals surface area (Å²) in [6, 6.07) is 6.10. The Labute approximate surface area is 150 Å². The van der Waals surface area contributed by atoms with Gasteiger partial charge in [0.15, 0.2) is 29.0 Å². The van der Waals surface area contributed by atoms with Gasteiger partial charge in [-0.05, 0) is 29.8 Å². The van der Waals surface area contributed by atoms with Crippen LogP contribution in [0.1, 0.15) is 12.5 Å². The third kappa shape index (κ3) is 3.78. The van der Waals surface area contributed by atoms with Gasteiger partial charge < -0.3 is 9.47 Å². The summed E-state index contributed by atoms with van der Waals surface area (Å²) in [4.78, 5) is -0.918. The molecule has 0 spiro atoms. The maximum absolute atomic E-state index is 14.0. The zero-order valence-corrected chi connectivity index (χ0v) is 15.2. The fraction of sp³-hybridized carbons (Fsp3) is 0.294. The van der Waals surface area contributed by atoms with Crippen LogP contribution in [0.5, 0.6) is 11.5 Å². The fourth-order valence-electron chi connectivity index (χ4n) is 2.40. The van der Waals surface area contributed by atoms with E-state index in [0.29, 0.717) is 29.2 Å². The normalized spacial score (nSPS) is 11.7. The molecule has 0 bridgehead atoms. The van der Waals surface area contributed by atoms with Crippen LogP contribution in [-0.2, 0) is 16.6 Å². The van der Waals surface area contributed by atoms with Gasteiger partial charge >= 0.3 is 0 Å². The minimum absolute atomic E-state index is 0.00485. The van der Waals surface area contributed by atoms with Gasteiger partial charge in [0, 0.05) is 13.1 Å². The number of halogens is 3. The molecule has 0 heterocycles. The minimum atomic E-state index is -4.37. The second kappa shape index (κ2) is 7.96. The van der Waals surface area contributed by atoms with E-state index in [4.69, 9.17) is 9.47 Å². The van der Waals surface area contributed by atoms with Gasteiger partial charge in [0.05, 0.1) is 14.2 Å². The van der Waals surface area contributed by atoms with Crippen molar-refractivity contribution in [2.75, 3.05) is 20.8 Å². The van der Waals surface area contributed by atoms with Gasteiger partial charge in [-0.3, -0.25) is 0 Å². The van der Waals surface area contributed by atoms with Crippen molar-refractivity contribution in [2.45, 2.75) is 18.4 Å². The van der Waals surface area contributed by atoms with Crippen LogP contribution in [0.4, 0.5) is 13.2 Å². The van der Waals surface area contributed by atoms with Gasteiger partial charge in [-0.25, -0.2) is 21.6 Å². The van der Waals surface area contributed by atoms with Gasteiger partial charge in [0.2, 0.25) is 10.0 Å². The molecule has 0 aliphatic rings. The van der Waals surface area contributed by atoms with E-state index >= 15 is 0 Å². The van der Waals surface area contributed by atoms with E-state index in [1.54, 1.807) is 25.1 Å². The van der Waals surface area contributed by atoms with Gasteiger partial charge in [0.1, 0.15) is 4.90 Å². The third-order valence-corrected chi connectivity index (χ3v) is 5.72. The minimum Gasteiger partial charge on any atom is -0.493 e. The largest absolute Gasteiger partial charge is 0.493 e. The summed E-state index contributed by atoms with van der Waals surface area (Å²) < 4.78 is 77.0. The van der Waals surface area contributed by atoms with E-state index in [2.05, 4.69) is 0 Å². The van der Waals surface area contributed by atoms with Gasteiger partial charge in [-0.15, -0.1) is 0 Å². The van der Waals surface area contributed by atoms with Crippen LogP contribution in [0.2, 0.25) is 0 Å². The first-order valence-electron chi connectivity index (χ1n) is 7.60. The predicted molar refractivity (Wildman–Crippen MR) is 89.1 cm³/mol. The Morgan fingerprint density at radius 2 is 1.62 bits per heavy atom. The van der Waals surface area contributed by atoms with Crippen LogP contribution in [0.25, 0.3) is 0 Å². The Kier molecular flexibility index (Phi) is 6.14. The first-order chi connectivity index (χ1) is 12.3. The van der Waals surface area contributed by atoms with Crippen molar-refractivity contribution in [3.05, 3.63) is 53.3 Å². The van der Waals surface area contributed by atoms with E-state index in [1.165, 1.54) is 14.2 Å². The zero-order chi connectivity index (χ0) is 19.5. The van der Waals surface area contributed by atoms with Crippen LogP contribution < -0.4 is 9.47 Å². The Balaban J connectivity index is 2.40. The molecule has 2 aromatic rings. The fourth-order valence-corrected chi connectivity index (χ4v) is 3.89. The molecule has 0 atom stereocenters. The highest BCUT2D eigenvalue weighted by molar-refractivity contribution is 7.89.